The van der Waals surface area contributed by atoms with Gasteiger partial charge in [0.1, 0.15) is 5.82 Å². The average Bonchev–Trinajstić information content (AvgIpc) is 2.72. The van der Waals surface area contributed by atoms with Crippen molar-refractivity contribution in [2.45, 2.75) is 6.92 Å². The van der Waals surface area contributed by atoms with E-state index in [0.29, 0.717) is 22.0 Å². The van der Waals surface area contributed by atoms with Gasteiger partial charge >= 0.3 is 6.03 Å². The maximum absolute atomic E-state index is 13.3. The molecule has 0 fully saturated rings. The lowest BCUT2D eigenvalue weighted by Gasteiger charge is -2.23. The van der Waals surface area contributed by atoms with E-state index in [4.69, 9.17) is 11.6 Å². The molecule has 7 heteroatoms. The van der Waals surface area contributed by atoms with Gasteiger partial charge in [0, 0.05) is 35.1 Å². The van der Waals surface area contributed by atoms with Crippen LogP contribution < -0.4 is 15.5 Å². The summed E-state index contributed by atoms with van der Waals surface area (Å²) in [6, 6.07) is 19.2. The predicted octanol–water partition coefficient (Wildman–Crippen LogP) is 5.26. The third-order valence-corrected chi connectivity index (χ3v) is 4.71. The molecule has 0 saturated carbocycles. The molecule has 30 heavy (non-hydrogen) atoms. The number of nitrogens with one attached hydrogen (secondary N) is 2. The molecule has 0 bridgehead atoms. The quantitative estimate of drug-likeness (QED) is 0.566. The van der Waals surface area contributed by atoms with Gasteiger partial charge in [0.05, 0.1) is 0 Å². The highest BCUT2D eigenvalue weighted by atomic mass is 35.5. The summed E-state index contributed by atoms with van der Waals surface area (Å²) < 4.78 is 13.3. The molecule has 0 aliphatic rings. The first-order chi connectivity index (χ1) is 14.4. The van der Waals surface area contributed by atoms with Gasteiger partial charge in [0.25, 0.3) is 5.91 Å². The van der Waals surface area contributed by atoms with Crippen molar-refractivity contribution in [3.63, 3.8) is 0 Å². The van der Waals surface area contributed by atoms with Crippen LogP contribution in [0.3, 0.4) is 0 Å². The maximum atomic E-state index is 13.3. The molecule has 3 aromatic carbocycles. The smallest absolute Gasteiger partial charge is 0.326 e. The maximum Gasteiger partial charge on any atom is 0.326 e. The summed E-state index contributed by atoms with van der Waals surface area (Å²) in [5.74, 6) is -0.621. The molecular weight excluding hydrogens is 405 g/mol. The number of hydrogen-bond acceptors (Lipinski definition) is 2. The van der Waals surface area contributed by atoms with E-state index in [0.717, 1.165) is 5.56 Å². The largest absolute Gasteiger partial charge is 0.350 e. The molecule has 0 aromatic heterocycles. The average molecular weight is 426 g/mol. The Morgan fingerprint density at radius 1 is 1.00 bits per heavy atom. The Labute approximate surface area is 179 Å². The summed E-state index contributed by atoms with van der Waals surface area (Å²) in [5, 5.41) is 6.09. The molecule has 154 valence electrons. The van der Waals surface area contributed by atoms with E-state index in [2.05, 4.69) is 10.6 Å². The lowest BCUT2D eigenvalue weighted by Crippen LogP contribution is -2.41. The summed E-state index contributed by atoms with van der Waals surface area (Å²) in [6.07, 6.45) is 0. The Kier molecular flexibility index (Phi) is 7.03. The van der Waals surface area contributed by atoms with Gasteiger partial charge < -0.3 is 10.6 Å². The van der Waals surface area contributed by atoms with E-state index in [1.807, 2.05) is 19.1 Å². The van der Waals surface area contributed by atoms with Gasteiger partial charge in [-0.3, -0.25) is 9.69 Å². The van der Waals surface area contributed by atoms with Crippen molar-refractivity contribution in [2.75, 3.05) is 23.3 Å². The van der Waals surface area contributed by atoms with Crippen LogP contribution >= 0.6 is 11.6 Å². The Morgan fingerprint density at radius 3 is 2.43 bits per heavy atom. The minimum absolute atomic E-state index is 0.190. The number of aryl methyl sites for hydroxylation is 1. The van der Waals surface area contributed by atoms with Crippen molar-refractivity contribution in [3.8, 4) is 0 Å². The summed E-state index contributed by atoms with van der Waals surface area (Å²) in [4.78, 5) is 26.7. The second kappa shape index (κ2) is 9.89. The van der Waals surface area contributed by atoms with Crippen molar-refractivity contribution in [1.29, 1.82) is 0 Å². The van der Waals surface area contributed by atoms with Crippen LogP contribution in [0.25, 0.3) is 0 Å². The highest BCUT2D eigenvalue weighted by Crippen LogP contribution is 2.19. The van der Waals surface area contributed by atoms with E-state index in [1.165, 1.54) is 29.2 Å². The normalized spacial score (nSPS) is 10.4. The van der Waals surface area contributed by atoms with Crippen molar-refractivity contribution in [3.05, 3.63) is 94.8 Å². The Hall–Kier alpha value is -3.38. The third kappa shape index (κ3) is 5.58. The predicted molar refractivity (Wildman–Crippen MR) is 118 cm³/mol. The van der Waals surface area contributed by atoms with Gasteiger partial charge in [0.2, 0.25) is 0 Å². The molecule has 2 N–H and O–H groups in total. The lowest BCUT2D eigenvalue weighted by molar-refractivity contribution is 0.0954. The summed E-state index contributed by atoms with van der Waals surface area (Å²) >= 11 is 5.98. The number of amides is 3. The molecule has 0 unspecified atom stereocenters. The van der Waals surface area contributed by atoms with Crippen molar-refractivity contribution >= 4 is 34.9 Å². The van der Waals surface area contributed by atoms with Gasteiger partial charge in [-0.15, -0.1) is 0 Å². The second-order valence-electron chi connectivity index (χ2n) is 6.64. The monoisotopic (exact) mass is 425 g/mol. The minimum Gasteiger partial charge on any atom is -0.350 e. The van der Waals surface area contributed by atoms with Crippen LogP contribution in [-0.4, -0.2) is 25.0 Å². The van der Waals surface area contributed by atoms with Crippen LogP contribution in [0.15, 0.2) is 72.8 Å². The number of anilines is 2. The SMILES string of the molecule is Cc1ccccc1C(=O)NCCN(C(=O)Nc1cccc(Cl)c1)c1ccc(F)cc1. The molecule has 3 amide bonds. The lowest BCUT2D eigenvalue weighted by atomic mass is 10.1. The zero-order valence-corrected chi connectivity index (χ0v) is 17.1. The molecule has 0 aliphatic carbocycles. The number of halogens is 2. The first-order valence-corrected chi connectivity index (χ1v) is 9.75. The van der Waals surface area contributed by atoms with E-state index < -0.39 is 11.8 Å². The second-order valence-corrected chi connectivity index (χ2v) is 7.08. The first kappa shape index (κ1) is 21.3. The molecule has 0 saturated heterocycles. The number of urea groups is 1. The highest BCUT2D eigenvalue weighted by molar-refractivity contribution is 6.30. The number of carbonyl (C=O) groups is 2. The van der Waals surface area contributed by atoms with Crippen LogP contribution in [-0.2, 0) is 0 Å². The summed E-state index contributed by atoms with van der Waals surface area (Å²) in [6.45, 7) is 2.27. The summed E-state index contributed by atoms with van der Waals surface area (Å²) in [5.41, 5.74) is 2.47. The fourth-order valence-corrected chi connectivity index (χ4v) is 3.12. The van der Waals surface area contributed by atoms with Crippen molar-refractivity contribution < 1.29 is 14.0 Å². The zero-order chi connectivity index (χ0) is 21.5. The number of benzene rings is 3. The number of nitrogens with zero attached hydrogens (tertiary/aromatic N) is 1. The molecule has 3 rings (SSSR count). The van der Waals surface area contributed by atoms with Gasteiger partial charge in [0.15, 0.2) is 0 Å². The van der Waals surface area contributed by atoms with E-state index in [9.17, 15) is 14.0 Å². The number of carbonyl (C=O) groups excluding carboxylic acids is 2. The van der Waals surface area contributed by atoms with Crippen molar-refractivity contribution in [2.24, 2.45) is 0 Å². The topological polar surface area (TPSA) is 61.4 Å². The molecule has 0 aliphatic heterocycles. The molecule has 0 atom stereocenters. The molecule has 0 heterocycles. The Balaban J connectivity index is 1.71. The van der Waals surface area contributed by atoms with Crippen LogP contribution in [0.4, 0.5) is 20.6 Å². The van der Waals surface area contributed by atoms with Gasteiger partial charge in [-0.2, -0.15) is 0 Å². The first-order valence-electron chi connectivity index (χ1n) is 9.37. The Bertz CT molecular complexity index is 1040. The van der Waals surface area contributed by atoms with E-state index in [-0.39, 0.29) is 19.0 Å². The molecule has 0 spiro atoms. The van der Waals surface area contributed by atoms with Crippen LogP contribution in [0, 0.1) is 12.7 Å². The molecule has 5 nitrogen and oxygen atoms in total. The fourth-order valence-electron chi connectivity index (χ4n) is 2.93. The van der Waals surface area contributed by atoms with E-state index in [1.54, 1.807) is 36.4 Å². The zero-order valence-electron chi connectivity index (χ0n) is 16.4. The standard InChI is InChI=1S/C23H21ClFN3O2/c1-16-5-2-3-8-21(16)22(29)26-13-14-28(20-11-9-18(25)10-12-20)23(30)27-19-7-4-6-17(24)15-19/h2-12,15H,13-14H2,1H3,(H,26,29)(H,27,30). The van der Waals surface area contributed by atoms with Gasteiger partial charge in [-0.05, 0) is 61.0 Å². The van der Waals surface area contributed by atoms with E-state index >= 15 is 0 Å². The third-order valence-electron chi connectivity index (χ3n) is 4.47. The number of rotatable bonds is 6. The van der Waals surface area contributed by atoms with Gasteiger partial charge in [-0.1, -0.05) is 35.9 Å². The highest BCUT2D eigenvalue weighted by Gasteiger charge is 2.17. The number of hydrogen-bond donors (Lipinski definition) is 2. The molecule has 0 radical (unpaired) electrons. The minimum atomic E-state index is -0.422. The van der Waals surface area contributed by atoms with Crippen LogP contribution in [0.2, 0.25) is 5.02 Å². The summed E-state index contributed by atoms with van der Waals surface area (Å²) in [7, 11) is 0. The van der Waals surface area contributed by atoms with Crippen LogP contribution in [0.5, 0.6) is 0 Å². The van der Waals surface area contributed by atoms with Crippen LogP contribution in [0.1, 0.15) is 15.9 Å². The Morgan fingerprint density at radius 2 is 1.73 bits per heavy atom. The molecule has 3 aromatic rings. The molecular formula is C23H21ClFN3O2. The van der Waals surface area contributed by atoms with Gasteiger partial charge in [-0.25, -0.2) is 9.18 Å². The van der Waals surface area contributed by atoms with Crippen molar-refractivity contribution in [1.82, 2.24) is 5.32 Å². The fraction of sp³-hybridized carbons (Fsp3) is 0.130.